The predicted molar refractivity (Wildman–Crippen MR) is 62.3 cm³/mol. The molecule has 0 bridgehead atoms. The van der Waals surface area contributed by atoms with Gasteiger partial charge >= 0.3 is 5.97 Å². The summed E-state index contributed by atoms with van der Waals surface area (Å²) in [4.78, 5) is 28.5. The molecule has 1 atom stereocenters. The van der Waals surface area contributed by atoms with Gasteiger partial charge in [-0.2, -0.15) is 0 Å². The highest BCUT2D eigenvalue weighted by atomic mass is 32.1. The van der Waals surface area contributed by atoms with Crippen LogP contribution in [0.25, 0.3) is 0 Å². The van der Waals surface area contributed by atoms with E-state index in [2.05, 4.69) is 10.3 Å². The number of nitrogens with one attached hydrogen (secondary N) is 1. The number of thiazole rings is 1. The summed E-state index contributed by atoms with van der Waals surface area (Å²) in [5.41, 5.74) is 0. The molecule has 1 aromatic rings. The topological polar surface area (TPSA) is 82.5 Å². The molecule has 1 aliphatic heterocycles. The number of rotatable bonds is 4. The minimum atomic E-state index is -0.899. The van der Waals surface area contributed by atoms with Crippen molar-refractivity contribution in [1.29, 1.82) is 0 Å². The number of aliphatic carboxylic acids is 1. The Labute approximate surface area is 102 Å². The standard InChI is InChI=1S/C10H13N3O3S/c14-8(9-12-2-4-17-9)6-13-3-1-11-5-7(13)10(15)16/h2,4,7,11H,1,3,5-6H2,(H,15,16)/t7-/m1/s1. The second-order valence-electron chi connectivity index (χ2n) is 3.79. The summed E-state index contributed by atoms with van der Waals surface area (Å²) in [5.74, 6) is -1.02. The lowest BCUT2D eigenvalue weighted by Gasteiger charge is -2.32. The second kappa shape index (κ2) is 5.35. The van der Waals surface area contributed by atoms with Gasteiger partial charge in [0.15, 0.2) is 5.01 Å². The van der Waals surface area contributed by atoms with Gasteiger partial charge in [0.2, 0.25) is 5.78 Å². The molecule has 1 fully saturated rings. The molecule has 1 aliphatic rings. The van der Waals surface area contributed by atoms with Crippen molar-refractivity contribution in [2.75, 3.05) is 26.2 Å². The number of aromatic nitrogens is 1. The highest BCUT2D eigenvalue weighted by molar-refractivity contribution is 7.11. The van der Waals surface area contributed by atoms with Crippen molar-refractivity contribution in [2.24, 2.45) is 0 Å². The molecule has 0 saturated carbocycles. The van der Waals surface area contributed by atoms with E-state index in [4.69, 9.17) is 5.11 Å². The van der Waals surface area contributed by atoms with Gasteiger partial charge in [-0.25, -0.2) is 4.98 Å². The molecule has 17 heavy (non-hydrogen) atoms. The smallest absolute Gasteiger partial charge is 0.322 e. The third kappa shape index (κ3) is 2.87. The SMILES string of the molecule is O=C(CN1CCNC[C@@H]1C(=O)O)c1nccs1. The molecule has 0 spiro atoms. The van der Waals surface area contributed by atoms with Gasteiger partial charge in [0.05, 0.1) is 6.54 Å². The van der Waals surface area contributed by atoms with Gasteiger partial charge in [-0.05, 0) is 0 Å². The van der Waals surface area contributed by atoms with Crippen LogP contribution in [-0.2, 0) is 4.79 Å². The van der Waals surface area contributed by atoms with Crippen molar-refractivity contribution in [1.82, 2.24) is 15.2 Å². The minimum Gasteiger partial charge on any atom is -0.480 e. The highest BCUT2D eigenvalue weighted by Crippen LogP contribution is 2.09. The van der Waals surface area contributed by atoms with Crippen LogP contribution in [0, 0.1) is 0 Å². The van der Waals surface area contributed by atoms with Gasteiger partial charge in [-0.3, -0.25) is 14.5 Å². The maximum atomic E-state index is 11.8. The Bertz CT molecular complexity index is 407. The largest absolute Gasteiger partial charge is 0.480 e. The van der Waals surface area contributed by atoms with Gasteiger partial charge in [0.1, 0.15) is 6.04 Å². The molecular weight excluding hydrogens is 242 g/mol. The molecule has 2 rings (SSSR count). The van der Waals surface area contributed by atoms with Crippen LogP contribution in [-0.4, -0.2) is 59.0 Å². The molecule has 7 heteroatoms. The van der Waals surface area contributed by atoms with Crippen LogP contribution in [0.4, 0.5) is 0 Å². The summed E-state index contributed by atoms with van der Waals surface area (Å²) in [6.07, 6.45) is 1.57. The van der Waals surface area contributed by atoms with E-state index in [0.717, 1.165) is 0 Å². The number of carbonyl (C=O) groups excluding carboxylic acids is 1. The lowest BCUT2D eigenvalue weighted by atomic mass is 10.2. The summed E-state index contributed by atoms with van der Waals surface area (Å²) < 4.78 is 0. The lowest BCUT2D eigenvalue weighted by Crippen LogP contribution is -2.56. The summed E-state index contributed by atoms with van der Waals surface area (Å²) >= 11 is 1.28. The van der Waals surface area contributed by atoms with E-state index in [1.165, 1.54) is 11.3 Å². The number of Topliss-reactive ketones (excluding diaryl/α,β-unsaturated/α-hetero) is 1. The van der Waals surface area contributed by atoms with Crippen molar-refractivity contribution in [3.63, 3.8) is 0 Å². The van der Waals surface area contributed by atoms with Gasteiger partial charge in [0.25, 0.3) is 0 Å². The van der Waals surface area contributed by atoms with E-state index >= 15 is 0 Å². The van der Waals surface area contributed by atoms with Crippen LogP contribution in [0.15, 0.2) is 11.6 Å². The van der Waals surface area contributed by atoms with Crippen LogP contribution in [0.2, 0.25) is 0 Å². The fourth-order valence-electron chi connectivity index (χ4n) is 1.79. The van der Waals surface area contributed by atoms with Crippen LogP contribution < -0.4 is 5.32 Å². The molecular formula is C10H13N3O3S. The summed E-state index contributed by atoms with van der Waals surface area (Å²) in [7, 11) is 0. The van der Waals surface area contributed by atoms with Crippen molar-refractivity contribution in [2.45, 2.75) is 6.04 Å². The molecule has 1 aromatic heterocycles. The van der Waals surface area contributed by atoms with E-state index in [-0.39, 0.29) is 12.3 Å². The Morgan fingerprint density at radius 1 is 1.65 bits per heavy atom. The van der Waals surface area contributed by atoms with Crippen molar-refractivity contribution < 1.29 is 14.7 Å². The molecule has 0 amide bonds. The number of carboxylic acids is 1. The summed E-state index contributed by atoms with van der Waals surface area (Å²) in [6.45, 7) is 1.76. The first-order chi connectivity index (χ1) is 8.18. The van der Waals surface area contributed by atoms with Crippen LogP contribution in [0.5, 0.6) is 0 Å². The number of carboxylic acid groups (broad SMARTS) is 1. The molecule has 6 nitrogen and oxygen atoms in total. The molecule has 1 saturated heterocycles. The van der Waals surface area contributed by atoms with Crippen molar-refractivity contribution in [3.8, 4) is 0 Å². The molecule has 0 aromatic carbocycles. The Morgan fingerprint density at radius 3 is 3.12 bits per heavy atom. The minimum absolute atomic E-state index is 0.117. The van der Waals surface area contributed by atoms with Crippen LogP contribution in [0.1, 0.15) is 9.80 Å². The zero-order chi connectivity index (χ0) is 12.3. The maximum absolute atomic E-state index is 11.8. The summed E-state index contributed by atoms with van der Waals surface area (Å²) in [5, 5.41) is 14.2. The van der Waals surface area contributed by atoms with E-state index in [9.17, 15) is 9.59 Å². The molecule has 0 radical (unpaired) electrons. The molecule has 2 heterocycles. The van der Waals surface area contributed by atoms with Gasteiger partial charge in [0, 0.05) is 31.2 Å². The number of hydrogen-bond donors (Lipinski definition) is 2. The summed E-state index contributed by atoms with van der Waals surface area (Å²) in [6, 6.07) is -0.632. The van der Waals surface area contributed by atoms with E-state index in [1.54, 1.807) is 16.5 Å². The fraction of sp³-hybridized carbons (Fsp3) is 0.500. The first-order valence-electron chi connectivity index (χ1n) is 5.29. The van der Waals surface area contributed by atoms with E-state index in [1.807, 2.05) is 0 Å². The second-order valence-corrected chi connectivity index (χ2v) is 4.68. The fourth-order valence-corrected chi connectivity index (χ4v) is 2.36. The number of piperazine rings is 1. The molecule has 2 N–H and O–H groups in total. The number of ketones is 1. The first-order valence-corrected chi connectivity index (χ1v) is 6.16. The Morgan fingerprint density at radius 2 is 2.47 bits per heavy atom. The monoisotopic (exact) mass is 255 g/mol. The molecule has 0 aliphatic carbocycles. The third-order valence-electron chi connectivity index (χ3n) is 2.66. The van der Waals surface area contributed by atoms with Gasteiger partial charge in [-0.15, -0.1) is 11.3 Å². The molecule has 0 unspecified atom stereocenters. The van der Waals surface area contributed by atoms with E-state index < -0.39 is 12.0 Å². The Kier molecular flexibility index (Phi) is 3.82. The average Bonchev–Trinajstić information content (AvgIpc) is 2.83. The zero-order valence-corrected chi connectivity index (χ0v) is 9.94. The van der Waals surface area contributed by atoms with Crippen molar-refractivity contribution in [3.05, 3.63) is 16.6 Å². The first kappa shape index (κ1) is 12.2. The highest BCUT2D eigenvalue weighted by Gasteiger charge is 2.30. The maximum Gasteiger partial charge on any atom is 0.322 e. The Hall–Kier alpha value is -1.31. The van der Waals surface area contributed by atoms with Crippen LogP contribution >= 0.6 is 11.3 Å². The van der Waals surface area contributed by atoms with Gasteiger partial charge < -0.3 is 10.4 Å². The zero-order valence-electron chi connectivity index (χ0n) is 9.13. The normalized spacial score (nSPS) is 21.3. The average molecular weight is 255 g/mol. The lowest BCUT2D eigenvalue weighted by molar-refractivity contribution is -0.143. The third-order valence-corrected chi connectivity index (χ3v) is 3.47. The number of nitrogens with zero attached hydrogens (tertiary/aromatic N) is 2. The van der Waals surface area contributed by atoms with E-state index in [0.29, 0.717) is 24.6 Å². The van der Waals surface area contributed by atoms with Crippen LogP contribution in [0.3, 0.4) is 0 Å². The molecule has 92 valence electrons. The predicted octanol–water partition coefficient (Wildman–Crippen LogP) is -0.316. The number of carbonyl (C=O) groups is 2. The van der Waals surface area contributed by atoms with Crippen molar-refractivity contribution >= 4 is 23.1 Å². The van der Waals surface area contributed by atoms with Gasteiger partial charge in [-0.1, -0.05) is 0 Å². The quantitative estimate of drug-likeness (QED) is 0.718. The number of hydrogen-bond acceptors (Lipinski definition) is 6. The Balaban J connectivity index is 2.01.